The molecule has 0 fully saturated rings. The summed E-state index contributed by atoms with van der Waals surface area (Å²) >= 11 is 2.80. The Balaban J connectivity index is 2.34. The fourth-order valence-electron chi connectivity index (χ4n) is 1.43. The number of halogens is 3. The fraction of sp³-hybridized carbons (Fsp3) is 0. The quantitative estimate of drug-likeness (QED) is 0.430. The van der Waals surface area contributed by atoms with Crippen LogP contribution in [-0.2, 0) is 10.0 Å². The van der Waals surface area contributed by atoms with Crippen LogP contribution in [0.2, 0.25) is 0 Å². The van der Waals surface area contributed by atoms with Crippen LogP contribution in [0.4, 0.5) is 20.3 Å². The molecule has 0 saturated carbocycles. The predicted molar refractivity (Wildman–Crippen MR) is 76.9 cm³/mol. The third-order valence-corrected chi connectivity index (χ3v) is 4.41. The molecule has 0 atom stereocenters. The van der Waals surface area contributed by atoms with Crippen molar-refractivity contribution in [3.05, 3.63) is 46.6 Å². The monoisotopic (exact) mass is 378 g/mol. The first-order valence-corrected chi connectivity index (χ1v) is 7.71. The van der Waals surface area contributed by atoms with Gasteiger partial charge in [-0.3, -0.25) is 4.72 Å². The molecule has 2 rings (SSSR count). The highest BCUT2D eigenvalue weighted by molar-refractivity contribution is 9.10. The summed E-state index contributed by atoms with van der Waals surface area (Å²) in [6, 6.07) is 4.11. The van der Waals surface area contributed by atoms with Gasteiger partial charge in [-0.05, 0) is 34.1 Å². The predicted octanol–water partition coefficient (Wildman–Crippen LogP) is 2.21. The number of hydrazine groups is 1. The smallest absolute Gasteiger partial charge is 0.263 e. The van der Waals surface area contributed by atoms with Gasteiger partial charge < -0.3 is 5.43 Å². The van der Waals surface area contributed by atoms with Crippen LogP contribution in [0.25, 0.3) is 0 Å². The fourth-order valence-corrected chi connectivity index (χ4v) is 2.75. The first-order chi connectivity index (χ1) is 9.83. The summed E-state index contributed by atoms with van der Waals surface area (Å²) in [5.41, 5.74) is 1.73. The summed E-state index contributed by atoms with van der Waals surface area (Å²) in [6.07, 6.45) is 1.03. The Labute approximate surface area is 127 Å². The van der Waals surface area contributed by atoms with E-state index >= 15 is 0 Å². The van der Waals surface area contributed by atoms with E-state index in [-0.39, 0.29) is 15.2 Å². The van der Waals surface area contributed by atoms with E-state index < -0.39 is 27.3 Å². The summed E-state index contributed by atoms with van der Waals surface area (Å²) in [7, 11) is -4.09. The Hall–Kier alpha value is -1.78. The minimum Gasteiger partial charge on any atom is -0.308 e. The average Bonchev–Trinajstić information content (AvgIpc) is 2.44. The Morgan fingerprint density at radius 1 is 1.19 bits per heavy atom. The Bertz CT molecular complexity index is 769. The Morgan fingerprint density at radius 2 is 1.90 bits per heavy atom. The minimum atomic E-state index is -4.09. The van der Waals surface area contributed by atoms with Gasteiger partial charge in [0.15, 0.2) is 0 Å². The van der Waals surface area contributed by atoms with Crippen molar-refractivity contribution in [3.8, 4) is 0 Å². The van der Waals surface area contributed by atoms with Gasteiger partial charge in [0.1, 0.15) is 22.3 Å². The number of nitrogens with one attached hydrogen (secondary N) is 2. The number of nitrogens with two attached hydrogens (primary N) is 1. The lowest BCUT2D eigenvalue weighted by molar-refractivity contribution is 0.591. The molecule has 0 aliphatic carbocycles. The van der Waals surface area contributed by atoms with Crippen LogP contribution < -0.4 is 16.0 Å². The molecule has 0 bridgehead atoms. The highest BCUT2D eigenvalue weighted by Crippen LogP contribution is 2.25. The van der Waals surface area contributed by atoms with E-state index in [1.165, 1.54) is 12.1 Å². The molecule has 1 aromatic carbocycles. The van der Waals surface area contributed by atoms with Crippen molar-refractivity contribution in [2.24, 2.45) is 5.84 Å². The minimum absolute atomic E-state index is 0.108. The zero-order valence-electron chi connectivity index (χ0n) is 10.3. The molecule has 10 heteroatoms. The van der Waals surface area contributed by atoms with Crippen molar-refractivity contribution in [3.63, 3.8) is 0 Å². The molecule has 0 aliphatic rings. The molecule has 4 N–H and O–H groups in total. The van der Waals surface area contributed by atoms with Crippen LogP contribution in [0.5, 0.6) is 0 Å². The summed E-state index contributed by atoms with van der Waals surface area (Å²) in [4.78, 5) is 3.51. The van der Waals surface area contributed by atoms with Gasteiger partial charge in [0, 0.05) is 12.3 Å². The number of benzene rings is 1. The first-order valence-electron chi connectivity index (χ1n) is 5.43. The molecule has 21 heavy (non-hydrogen) atoms. The molecule has 0 spiro atoms. The first kappa shape index (κ1) is 15.6. The third kappa shape index (κ3) is 3.46. The lowest BCUT2D eigenvalue weighted by atomic mass is 10.3. The van der Waals surface area contributed by atoms with E-state index in [0.29, 0.717) is 0 Å². The SMILES string of the molecule is NNc1ccc(S(=O)(=O)Nc2cc(F)c(Br)cc2F)cn1. The molecule has 112 valence electrons. The van der Waals surface area contributed by atoms with Crippen LogP contribution >= 0.6 is 15.9 Å². The van der Waals surface area contributed by atoms with Crippen molar-refractivity contribution >= 4 is 37.5 Å². The molecule has 0 radical (unpaired) electrons. The standard InChI is InChI=1S/C11H9BrF2N4O2S/c12-7-3-9(14)10(4-8(7)13)18-21(19,20)6-1-2-11(17-15)16-5-6/h1-5,18H,15H2,(H,16,17). The molecule has 0 aliphatic heterocycles. The number of rotatable bonds is 4. The maximum atomic E-state index is 13.6. The highest BCUT2D eigenvalue weighted by Gasteiger charge is 2.18. The van der Waals surface area contributed by atoms with Crippen LogP contribution in [0.15, 0.2) is 39.8 Å². The van der Waals surface area contributed by atoms with E-state index in [9.17, 15) is 17.2 Å². The second kappa shape index (κ2) is 5.92. The molecule has 6 nitrogen and oxygen atoms in total. The van der Waals surface area contributed by atoms with Crippen molar-refractivity contribution in [1.29, 1.82) is 0 Å². The van der Waals surface area contributed by atoms with Gasteiger partial charge in [-0.15, -0.1) is 0 Å². The molecule has 0 amide bonds. The van der Waals surface area contributed by atoms with E-state index in [2.05, 4.69) is 26.3 Å². The van der Waals surface area contributed by atoms with Gasteiger partial charge in [0.25, 0.3) is 10.0 Å². The van der Waals surface area contributed by atoms with Gasteiger partial charge in [0.05, 0.1) is 10.2 Å². The maximum Gasteiger partial charge on any atom is 0.263 e. The Morgan fingerprint density at radius 3 is 2.48 bits per heavy atom. The van der Waals surface area contributed by atoms with Gasteiger partial charge in [-0.2, -0.15) is 0 Å². The van der Waals surface area contributed by atoms with Crippen LogP contribution in [0.1, 0.15) is 0 Å². The lowest BCUT2D eigenvalue weighted by Crippen LogP contribution is -2.15. The molecular weight excluding hydrogens is 370 g/mol. The second-order valence-corrected chi connectivity index (χ2v) is 6.41. The van der Waals surface area contributed by atoms with Crippen LogP contribution in [0.3, 0.4) is 0 Å². The van der Waals surface area contributed by atoms with Gasteiger partial charge in [0.2, 0.25) is 0 Å². The molecule has 2 aromatic rings. The van der Waals surface area contributed by atoms with E-state index in [1.54, 1.807) is 0 Å². The summed E-state index contributed by atoms with van der Waals surface area (Å²) < 4.78 is 52.9. The number of hydrogen-bond donors (Lipinski definition) is 3. The van der Waals surface area contributed by atoms with Gasteiger partial charge in [-0.1, -0.05) is 0 Å². The van der Waals surface area contributed by atoms with E-state index in [4.69, 9.17) is 5.84 Å². The summed E-state index contributed by atoms with van der Waals surface area (Å²) in [5, 5.41) is 0. The summed E-state index contributed by atoms with van der Waals surface area (Å²) in [5.74, 6) is 3.66. The third-order valence-electron chi connectivity index (χ3n) is 2.45. The largest absolute Gasteiger partial charge is 0.308 e. The zero-order valence-corrected chi connectivity index (χ0v) is 12.7. The van der Waals surface area contributed by atoms with Crippen molar-refractivity contribution in [2.45, 2.75) is 4.90 Å². The van der Waals surface area contributed by atoms with Crippen molar-refractivity contribution in [1.82, 2.24) is 4.98 Å². The number of hydrogen-bond acceptors (Lipinski definition) is 5. The lowest BCUT2D eigenvalue weighted by Gasteiger charge is -2.10. The number of nitrogen functional groups attached to an aromatic ring is 1. The Kier molecular flexibility index (Phi) is 4.40. The maximum absolute atomic E-state index is 13.6. The number of anilines is 2. The normalized spacial score (nSPS) is 11.2. The average molecular weight is 379 g/mol. The van der Waals surface area contributed by atoms with Crippen LogP contribution in [0, 0.1) is 11.6 Å². The number of aromatic nitrogens is 1. The molecule has 0 saturated heterocycles. The highest BCUT2D eigenvalue weighted by atomic mass is 79.9. The van der Waals surface area contributed by atoms with E-state index in [0.717, 1.165) is 18.3 Å². The molecule has 0 unspecified atom stereocenters. The number of nitrogens with zero attached hydrogens (tertiary/aromatic N) is 1. The second-order valence-electron chi connectivity index (χ2n) is 3.88. The molecule has 1 heterocycles. The molecule has 1 aromatic heterocycles. The van der Waals surface area contributed by atoms with Crippen molar-refractivity contribution in [2.75, 3.05) is 10.1 Å². The van der Waals surface area contributed by atoms with Crippen molar-refractivity contribution < 1.29 is 17.2 Å². The van der Waals surface area contributed by atoms with E-state index in [1.807, 2.05) is 4.72 Å². The van der Waals surface area contributed by atoms with Gasteiger partial charge >= 0.3 is 0 Å². The number of pyridine rings is 1. The summed E-state index contributed by atoms with van der Waals surface area (Å²) in [6.45, 7) is 0. The topological polar surface area (TPSA) is 97.1 Å². The molecular formula is C11H9BrF2N4O2S. The number of sulfonamides is 1. The van der Waals surface area contributed by atoms with Gasteiger partial charge in [-0.25, -0.2) is 28.0 Å². The van der Waals surface area contributed by atoms with Crippen LogP contribution in [-0.4, -0.2) is 13.4 Å². The zero-order chi connectivity index (χ0) is 15.6.